The Morgan fingerprint density at radius 1 is 1.19 bits per heavy atom. The molecule has 0 aromatic heterocycles. The molecule has 1 unspecified atom stereocenters. The fraction of sp³-hybridized carbons (Fsp3) is 0.824. The summed E-state index contributed by atoms with van der Waals surface area (Å²) in [7, 11) is 0. The van der Waals surface area contributed by atoms with E-state index in [0.717, 1.165) is 5.96 Å². The zero-order valence-electron chi connectivity index (χ0n) is 15.9. The van der Waals surface area contributed by atoms with Crippen LogP contribution in [0, 0.1) is 0 Å². The van der Waals surface area contributed by atoms with Gasteiger partial charge < -0.3 is 29.5 Å². The van der Waals surface area contributed by atoms with Crippen molar-refractivity contribution in [2.75, 3.05) is 59.0 Å². The number of ether oxygens (including phenoxy) is 2. The molecule has 0 spiro atoms. The van der Waals surface area contributed by atoms with Crippen LogP contribution >= 0.6 is 0 Å². The SMILES string of the molecule is CC(C)(C)OC(=O)N1CCN2C(NCC(=O)N3CCOCC3)=NCC2C1. The van der Waals surface area contributed by atoms with Gasteiger partial charge in [-0.3, -0.25) is 9.79 Å². The number of aliphatic imine (C=N–C) groups is 1. The number of guanidine groups is 1. The van der Waals surface area contributed by atoms with Crippen LogP contribution in [-0.4, -0.2) is 103 Å². The lowest BCUT2D eigenvalue weighted by Crippen LogP contribution is -2.58. The van der Waals surface area contributed by atoms with Crippen LogP contribution in [0.5, 0.6) is 0 Å². The molecule has 0 aromatic rings. The Bertz CT molecular complexity index is 568. The summed E-state index contributed by atoms with van der Waals surface area (Å²) in [5.41, 5.74) is -0.493. The summed E-state index contributed by atoms with van der Waals surface area (Å²) in [6, 6.07) is 0.136. The van der Waals surface area contributed by atoms with Gasteiger partial charge >= 0.3 is 6.09 Å². The number of carbonyl (C=O) groups excluding carboxylic acids is 2. The quantitative estimate of drug-likeness (QED) is 0.723. The molecule has 3 aliphatic heterocycles. The van der Waals surface area contributed by atoms with E-state index in [0.29, 0.717) is 52.5 Å². The van der Waals surface area contributed by atoms with E-state index in [2.05, 4.69) is 15.2 Å². The molecule has 3 heterocycles. The third kappa shape index (κ3) is 4.57. The molecular formula is C17H29N5O4. The Balaban J connectivity index is 1.46. The lowest BCUT2D eigenvalue weighted by atomic mass is 10.2. The standard InChI is InChI=1S/C17H29N5O4/c1-17(2,3)26-16(24)21-4-5-22-13(12-21)10-18-15(22)19-11-14(23)20-6-8-25-9-7-20/h13H,4-12H2,1-3H3,(H,18,19). The first-order chi connectivity index (χ1) is 12.3. The summed E-state index contributed by atoms with van der Waals surface area (Å²) in [6.45, 7) is 10.8. The van der Waals surface area contributed by atoms with E-state index in [-0.39, 0.29) is 24.6 Å². The van der Waals surface area contributed by atoms with Crippen molar-refractivity contribution >= 4 is 18.0 Å². The zero-order chi connectivity index (χ0) is 18.7. The number of hydrogen-bond donors (Lipinski definition) is 1. The van der Waals surface area contributed by atoms with Gasteiger partial charge in [-0.15, -0.1) is 0 Å². The Kier molecular flexibility index (Phi) is 5.55. The van der Waals surface area contributed by atoms with Crippen LogP contribution in [0.15, 0.2) is 4.99 Å². The van der Waals surface area contributed by atoms with E-state index in [9.17, 15) is 9.59 Å². The number of nitrogens with zero attached hydrogens (tertiary/aromatic N) is 4. The summed E-state index contributed by atoms with van der Waals surface area (Å²) >= 11 is 0. The smallest absolute Gasteiger partial charge is 0.410 e. The van der Waals surface area contributed by atoms with Crippen molar-refractivity contribution in [2.24, 2.45) is 4.99 Å². The molecule has 9 heteroatoms. The Hall–Kier alpha value is -2.03. The van der Waals surface area contributed by atoms with Crippen molar-refractivity contribution in [3.63, 3.8) is 0 Å². The van der Waals surface area contributed by atoms with Gasteiger partial charge in [-0.05, 0) is 20.8 Å². The molecule has 2 amide bonds. The number of amides is 2. The Labute approximate surface area is 154 Å². The lowest BCUT2D eigenvalue weighted by molar-refractivity contribution is -0.134. The van der Waals surface area contributed by atoms with Crippen molar-refractivity contribution < 1.29 is 19.1 Å². The summed E-state index contributed by atoms with van der Waals surface area (Å²) < 4.78 is 10.7. The molecule has 1 atom stereocenters. The van der Waals surface area contributed by atoms with Gasteiger partial charge in [0.1, 0.15) is 5.60 Å². The number of carbonyl (C=O) groups is 2. The molecule has 1 N–H and O–H groups in total. The second kappa shape index (κ2) is 7.69. The normalized spacial score (nSPS) is 23.4. The van der Waals surface area contributed by atoms with Crippen LogP contribution in [0.1, 0.15) is 20.8 Å². The second-order valence-corrected chi connectivity index (χ2v) is 7.78. The average Bonchev–Trinajstić information content (AvgIpc) is 3.01. The van der Waals surface area contributed by atoms with Gasteiger partial charge in [0.15, 0.2) is 5.96 Å². The largest absolute Gasteiger partial charge is 0.444 e. The van der Waals surface area contributed by atoms with Crippen molar-refractivity contribution in [3.8, 4) is 0 Å². The molecule has 2 fully saturated rings. The van der Waals surface area contributed by atoms with Crippen LogP contribution in [0.4, 0.5) is 4.79 Å². The predicted molar refractivity (Wildman–Crippen MR) is 96.0 cm³/mol. The second-order valence-electron chi connectivity index (χ2n) is 7.78. The minimum atomic E-state index is -0.493. The van der Waals surface area contributed by atoms with Gasteiger partial charge in [-0.1, -0.05) is 0 Å². The fourth-order valence-corrected chi connectivity index (χ4v) is 3.30. The maximum atomic E-state index is 12.3. The first-order valence-electron chi connectivity index (χ1n) is 9.22. The number of nitrogens with one attached hydrogen (secondary N) is 1. The third-order valence-electron chi connectivity index (χ3n) is 4.62. The average molecular weight is 367 g/mol. The first-order valence-corrected chi connectivity index (χ1v) is 9.22. The highest BCUT2D eigenvalue weighted by Crippen LogP contribution is 2.18. The van der Waals surface area contributed by atoms with Crippen LogP contribution < -0.4 is 5.32 Å². The summed E-state index contributed by atoms with van der Waals surface area (Å²) in [6.07, 6.45) is -0.277. The van der Waals surface area contributed by atoms with Gasteiger partial charge in [0.05, 0.1) is 32.3 Å². The number of piperazine rings is 1. The molecule has 9 nitrogen and oxygen atoms in total. The summed E-state index contributed by atoms with van der Waals surface area (Å²) in [5.74, 6) is 0.812. The monoisotopic (exact) mass is 367 g/mol. The summed E-state index contributed by atoms with van der Waals surface area (Å²) in [4.78, 5) is 34.7. The van der Waals surface area contributed by atoms with Crippen LogP contribution in [0.25, 0.3) is 0 Å². The van der Waals surface area contributed by atoms with Crippen LogP contribution in [-0.2, 0) is 14.3 Å². The highest BCUT2D eigenvalue weighted by Gasteiger charge is 2.36. The predicted octanol–water partition coefficient (Wildman–Crippen LogP) is -0.274. The maximum Gasteiger partial charge on any atom is 0.410 e. The highest BCUT2D eigenvalue weighted by atomic mass is 16.6. The molecule has 0 saturated carbocycles. The van der Waals surface area contributed by atoms with E-state index in [1.54, 1.807) is 4.90 Å². The number of hydrogen-bond acceptors (Lipinski definition) is 7. The molecule has 146 valence electrons. The third-order valence-corrected chi connectivity index (χ3v) is 4.62. The molecule has 0 aliphatic carbocycles. The van der Waals surface area contributed by atoms with Crippen molar-refractivity contribution in [1.29, 1.82) is 0 Å². The van der Waals surface area contributed by atoms with Crippen LogP contribution in [0.3, 0.4) is 0 Å². The minimum absolute atomic E-state index is 0.0619. The molecule has 0 aromatic carbocycles. The topological polar surface area (TPSA) is 86.7 Å². The van der Waals surface area contributed by atoms with Crippen LogP contribution in [0.2, 0.25) is 0 Å². The molecule has 3 rings (SSSR count). The summed E-state index contributed by atoms with van der Waals surface area (Å²) in [5, 5.41) is 3.17. The van der Waals surface area contributed by atoms with E-state index < -0.39 is 5.60 Å². The number of rotatable bonds is 2. The Morgan fingerprint density at radius 3 is 2.62 bits per heavy atom. The highest BCUT2D eigenvalue weighted by molar-refractivity contribution is 5.88. The van der Waals surface area contributed by atoms with E-state index in [1.165, 1.54) is 0 Å². The van der Waals surface area contributed by atoms with Gasteiger partial charge in [0, 0.05) is 32.7 Å². The molecule has 0 bridgehead atoms. The molecule has 2 saturated heterocycles. The van der Waals surface area contributed by atoms with E-state index in [4.69, 9.17) is 9.47 Å². The van der Waals surface area contributed by atoms with E-state index >= 15 is 0 Å². The molecule has 3 aliphatic rings. The number of fused-ring (bicyclic) bond motifs is 1. The maximum absolute atomic E-state index is 12.3. The molecule has 26 heavy (non-hydrogen) atoms. The zero-order valence-corrected chi connectivity index (χ0v) is 15.9. The van der Waals surface area contributed by atoms with Crippen molar-refractivity contribution in [1.82, 2.24) is 20.0 Å². The molecule has 0 radical (unpaired) electrons. The van der Waals surface area contributed by atoms with Gasteiger partial charge in [-0.25, -0.2) is 4.79 Å². The Morgan fingerprint density at radius 2 is 1.92 bits per heavy atom. The van der Waals surface area contributed by atoms with Gasteiger partial charge in [0.25, 0.3) is 0 Å². The van der Waals surface area contributed by atoms with E-state index in [1.807, 2.05) is 25.7 Å². The van der Waals surface area contributed by atoms with Crippen molar-refractivity contribution in [2.45, 2.75) is 32.4 Å². The first kappa shape index (κ1) is 18.8. The number of morpholine rings is 1. The fourth-order valence-electron chi connectivity index (χ4n) is 3.30. The molecular weight excluding hydrogens is 338 g/mol. The van der Waals surface area contributed by atoms with Gasteiger partial charge in [0.2, 0.25) is 5.91 Å². The minimum Gasteiger partial charge on any atom is -0.444 e. The lowest BCUT2D eigenvalue weighted by Gasteiger charge is -2.39. The van der Waals surface area contributed by atoms with Crippen molar-refractivity contribution in [3.05, 3.63) is 0 Å². The van der Waals surface area contributed by atoms with Gasteiger partial charge in [-0.2, -0.15) is 0 Å².